The van der Waals surface area contributed by atoms with Crippen molar-refractivity contribution in [3.63, 3.8) is 0 Å². The lowest BCUT2D eigenvalue weighted by atomic mass is 10.1. The zero-order chi connectivity index (χ0) is 20.8. The predicted molar refractivity (Wildman–Crippen MR) is 111 cm³/mol. The Hall–Kier alpha value is -3.26. The minimum atomic E-state index is -0.352. The Morgan fingerprint density at radius 1 is 0.931 bits per heavy atom. The first-order chi connectivity index (χ1) is 14.0. The number of pyridine rings is 1. The molecule has 1 saturated heterocycles. The Morgan fingerprint density at radius 3 is 2.10 bits per heavy atom. The predicted octanol–water partition coefficient (Wildman–Crippen LogP) is 2.07. The molecule has 0 spiro atoms. The minimum absolute atomic E-state index is 0.109. The molecule has 1 fully saturated rings. The number of piperazine rings is 1. The van der Waals surface area contributed by atoms with E-state index >= 15 is 0 Å². The number of hydrogen-bond acceptors (Lipinski definition) is 5. The van der Waals surface area contributed by atoms with Crippen molar-refractivity contribution in [3.05, 3.63) is 53.9 Å². The van der Waals surface area contributed by atoms with Gasteiger partial charge in [0.15, 0.2) is 0 Å². The number of carbonyl (C=O) groups is 3. The van der Waals surface area contributed by atoms with Crippen molar-refractivity contribution in [1.29, 1.82) is 0 Å². The van der Waals surface area contributed by atoms with Gasteiger partial charge in [0.05, 0.1) is 11.1 Å². The second-order valence-corrected chi connectivity index (χ2v) is 6.90. The van der Waals surface area contributed by atoms with E-state index in [1.165, 1.54) is 19.3 Å². The zero-order valence-corrected chi connectivity index (χ0v) is 16.6. The molecule has 29 heavy (non-hydrogen) atoms. The summed E-state index contributed by atoms with van der Waals surface area (Å²) in [4.78, 5) is 44.6. The first kappa shape index (κ1) is 20.5. The number of likely N-dealkylation sites (N-methyl/N-ethyl adjacent to an activating group) is 1. The summed E-state index contributed by atoms with van der Waals surface area (Å²) < 4.78 is 0. The second-order valence-electron chi connectivity index (χ2n) is 6.90. The maximum Gasteiger partial charge on any atom is 0.257 e. The second kappa shape index (κ2) is 9.29. The summed E-state index contributed by atoms with van der Waals surface area (Å²) in [5.41, 5.74) is 1.95. The summed E-state index contributed by atoms with van der Waals surface area (Å²) in [6.45, 7) is 7.56. The maximum absolute atomic E-state index is 12.8. The quantitative estimate of drug-likeness (QED) is 0.808. The van der Waals surface area contributed by atoms with Crippen LogP contribution in [0.2, 0.25) is 0 Å². The van der Waals surface area contributed by atoms with Crippen LogP contribution >= 0.6 is 0 Å². The molecule has 152 valence electrons. The number of anilines is 2. The molecule has 1 aliphatic rings. The largest absolute Gasteiger partial charge is 0.336 e. The number of amides is 3. The van der Waals surface area contributed by atoms with Crippen LogP contribution in [0.15, 0.2) is 42.7 Å². The number of aromatic nitrogens is 1. The van der Waals surface area contributed by atoms with Gasteiger partial charge in [-0.05, 0) is 36.9 Å². The smallest absolute Gasteiger partial charge is 0.257 e. The van der Waals surface area contributed by atoms with Crippen molar-refractivity contribution < 1.29 is 14.4 Å². The molecule has 8 heteroatoms. The number of hydrogen-bond donors (Lipinski definition) is 2. The number of carbonyl (C=O) groups excluding carboxylic acids is 3. The van der Waals surface area contributed by atoms with Gasteiger partial charge in [-0.15, -0.1) is 0 Å². The third-order valence-electron chi connectivity index (χ3n) is 4.82. The maximum atomic E-state index is 12.8. The fourth-order valence-electron chi connectivity index (χ4n) is 3.17. The molecule has 1 aromatic carbocycles. The molecule has 0 saturated carbocycles. The average Bonchev–Trinajstić information content (AvgIpc) is 2.74. The highest BCUT2D eigenvalue weighted by atomic mass is 16.2. The Labute approximate surface area is 169 Å². The van der Waals surface area contributed by atoms with E-state index < -0.39 is 0 Å². The van der Waals surface area contributed by atoms with E-state index in [-0.39, 0.29) is 17.7 Å². The van der Waals surface area contributed by atoms with Crippen LogP contribution in [0.5, 0.6) is 0 Å². The molecule has 1 aromatic heterocycles. The van der Waals surface area contributed by atoms with Crippen molar-refractivity contribution in [1.82, 2.24) is 14.8 Å². The molecule has 1 aliphatic heterocycles. The van der Waals surface area contributed by atoms with Crippen LogP contribution < -0.4 is 10.6 Å². The molecule has 3 rings (SSSR count). The molecular formula is C21H25N5O3. The highest BCUT2D eigenvalue weighted by Crippen LogP contribution is 2.15. The van der Waals surface area contributed by atoms with Crippen LogP contribution in [-0.2, 0) is 4.79 Å². The van der Waals surface area contributed by atoms with Crippen molar-refractivity contribution >= 4 is 29.1 Å². The molecule has 3 amide bonds. The van der Waals surface area contributed by atoms with Crippen LogP contribution in [-0.4, -0.2) is 65.2 Å². The van der Waals surface area contributed by atoms with Gasteiger partial charge in [-0.25, -0.2) is 0 Å². The van der Waals surface area contributed by atoms with Crippen molar-refractivity contribution in [2.45, 2.75) is 13.8 Å². The Balaban J connectivity index is 1.64. The van der Waals surface area contributed by atoms with Crippen LogP contribution in [0.1, 0.15) is 34.6 Å². The molecule has 0 atom stereocenters. The SMILES string of the molecule is CCN1CCN(C(=O)c2cncc(C(=O)Nc3ccc(NC(C)=O)cc3)c2)CC1. The van der Waals surface area contributed by atoms with Gasteiger partial charge in [0.2, 0.25) is 5.91 Å². The highest BCUT2D eigenvalue weighted by molar-refractivity contribution is 6.06. The first-order valence-corrected chi connectivity index (χ1v) is 9.62. The normalized spacial score (nSPS) is 14.3. The summed E-state index contributed by atoms with van der Waals surface area (Å²) in [6.07, 6.45) is 2.93. The summed E-state index contributed by atoms with van der Waals surface area (Å²) in [5.74, 6) is -0.622. The highest BCUT2D eigenvalue weighted by Gasteiger charge is 2.22. The molecule has 2 aromatic rings. The molecule has 0 unspecified atom stereocenters. The first-order valence-electron chi connectivity index (χ1n) is 9.62. The van der Waals surface area contributed by atoms with Crippen LogP contribution in [0.3, 0.4) is 0 Å². The van der Waals surface area contributed by atoms with E-state index in [1.807, 2.05) is 0 Å². The Kier molecular flexibility index (Phi) is 6.56. The van der Waals surface area contributed by atoms with E-state index in [4.69, 9.17) is 0 Å². The fraction of sp³-hybridized carbons (Fsp3) is 0.333. The molecule has 2 N–H and O–H groups in total. The zero-order valence-electron chi connectivity index (χ0n) is 16.6. The Morgan fingerprint density at radius 2 is 1.52 bits per heavy atom. The van der Waals surface area contributed by atoms with E-state index in [2.05, 4.69) is 27.4 Å². The summed E-state index contributed by atoms with van der Waals surface area (Å²) in [7, 11) is 0. The van der Waals surface area contributed by atoms with Crippen molar-refractivity contribution in [2.24, 2.45) is 0 Å². The summed E-state index contributed by atoms with van der Waals surface area (Å²) >= 11 is 0. The van der Waals surface area contributed by atoms with Crippen LogP contribution in [0.4, 0.5) is 11.4 Å². The van der Waals surface area contributed by atoms with Gasteiger partial charge in [0, 0.05) is 56.9 Å². The van der Waals surface area contributed by atoms with Gasteiger partial charge in [-0.1, -0.05) is 6.92 Å². The van der Waals surface area contributed by atoms with E-state index in [1.54, 1.807) is 35.2 Å². The van der Waals surface area contributed by atoms with Gasteiger partial charge >= 0.3 is 0 Å². The van der Waals surface area contributed by atoms with E-state index in [9.17, 15) is 14.4 Å². The molecular weight excluding hydrogens is 370 g/mol. The number of nitrogens with one attached hydrogen (secondary N) is 2. The van der Waals surface area contributed by atoms with Gasteiger partial charge in [-0.3, -0.25) is 19.4 Å². The molecule has 0 bridgehead atoms. The number of benzene rings is 1. The molecule has 0 aliphatic carbocycles. The van der Waals surface area contributed by atoms with Crippen LogP contribution in [0.25, 0.3) is 0 Å². The van der Waals surface area contributed by atoms with Gasteiger partial charge in [-0.2, -0.15) is 0 Å². The minimum Gasteiger partial charge on any atom is -0.336 e. The van der Waals surface area contributed by atoms with E-state index in [0.717, 1.165) is 19.6 Å². The van der Waals surface area contributed by atoms with Crippen LogP contribution in [0, 0.1) is 0 Å². The van der Waals surface area contributed by atoms with Crippen molar-refractivity contribution in [2.75, 3.05) is 43.4 Å². The average molecular weight is 395 g/mol. The molecule has 0 radical (unpaired) electrons. The third kappa shape index (κ3) is 5.39. The third-order valence-corrected chi connectivity index (χ3v) is 4.82. The number of nitrogens with zero attached hydrogens (tertiary/aromatic N) is 3. The topological polar surface area (TPSA) is 94.6 Å². The fourth-order valence-corrected chi connectivity index (χ4v) is 3.17. The standard InChI is InChI=1S/C21H25N5O3/c1-3-25-8-10-26(11-9-25)21(29)17-12-16(13-22-14-17)20(28)24-19-6-4-18(5-7-19)23-15(2)27/h4-7,12-14H,3,8-11H2,1-2H3,(H,23,27)(H,24,28). The molecule has 2 heterocycles. The molecule has 8 nitrogen and oxygen atoms in total. The Bertz CT molecular complexity index is 889. The van der Waals surface area contributed by atoms with Crippen molar-refractivity contribution in [3.8, 4) is 0 Å². The lowest BCUT2D eigenvalue weighted by Gasteiger charge is -2.34. The number of rotatable bonds is 5. The summed E-state index contributed by atoms with van der Waals surface area (Å²) in [5, 5.41) is 5.44. The lowest BCUT2D eigenvalue weighted by molar-refractivity contribution is -0.114. The summed E-state index contributed by atoms with van der Waals surface area (Å²) in [6, 6.07) is 8.36. The van der Waals surface area contributed by atoms with Gasteiger partial charge in [0.1, 0.15) is 0 Å². The van der Waals surface area contributed by atoms with Gasteiger partial charge in [0.25, 0.3) is 11.8 Å². The van der Waals surface area contributed by atoms with Gasteiger partial charge < -0.3 is 20.4 Å². The van der Waals surface area contributed by atoms with E-state index in [0.29, 0.717) is 35.6 Å². The monoisotopic (exact) mass is 395 g/mol. The lowest BCUT2D eigenvalue weighted by Crippen LogP contribution is -2.48.